The quantitative estimate of drug-likeness (QED) is 0.496. The molecule has 0 aromatic heterocycles. The van der Waals surface area contributed by atoms with Crippen LogP contribution in [0.3, 0.4) is 0 Å². The van der Waals surface area contributed by atoms with Gasteiger partial charge in [-0.2, -0.15) is 0 Å². The highest BCUT2D eigenvalue weighted by molar-refractivity contribution is 6.02. The predicted molar refractivity (Wildman–Crippen MR) is 113 cm³/mol. The van der Waals surface area contributed by atoms with E-state index in [-0.39, 0.29) is 17.8 Å². The fraction of sp³-hybridized carbons (Fsp3) is 0.304. The second-order valence-electron chi connectivity index (χ2n) is 6.74. The number of nitrogens with one attached hydrogen (secondary N) is 1. The lowest BCUT2D eigenvalue weighted by Gasteiger charge is -2.09. The zero-order valence-corrected chi connectivity index (χ0v) is 17.2. The van der Waals surface area contributed by atoms with Gasteiger partial charge in [0.2, 0.25) is 5.91 Å². The van der Waals surface area contributed by atoms with E-state index in [1.54, 1.807) is 49.6 Å². The van der Waals surface area contributed by atoms with E-state index < -0.39 is 0 Å². The van der Waals surface area contributed by atoms with Crippen LogP contribution < -0.4 is 14.8 Å². The van der Waals surface area contributed by atoms with E-state index in [1.807, 2.05) is 26.8 Å². The van der Waals surface area contributed by atoms with Crippen molar-refractivity contribution in [2.45, 2.75) is 20.8 Å². The summed E-state index contributed by atoms with van der Waals surface area (Å²) in [6, 6.07) is 12.0. The summed E-state index contributed by atoms with van der Waals surface area (Å²) in [5, 5.41) is 2.76. The first-order chi connectivity index (χ1) is 13.9. The number of amides is 1. The number of ether oxygens (including phenoxy) is 3. The van der Waals surface area contributed by atoms with Crippen molar-refractivity contribution in [3.8, 4) is 11.5 Å². The summed E-state index contributed by atoms with van der Waals surface area (Å²) in [4.78, 5) is 24.1. The predicted octanol–water partition coefficient (Wildman–Crippen LogP) is 4.56. The minimum Gasteiger partial charge on any atom is -0.493 e. The Bertz CT molecular complexity index is 856. The molecule has 1 amide bonds. The van der Waals surface area contributed by atoms with Gasteiger partial charge < -0.3 is 19.5 Å². The number of carbonyl (C=O) groups excluding carboxylic acids is 2. The Morgan fingerprint density at radius 2 is 1.79 bits per heavy atom. The highest BCUT2D eigenvalue weighted by Crippen LogP contribution is 2.28. The van der Waals surface area contributed by atoms with Crippen molar-refractivity contribution < 1.29 is 23.8 Å². The zero-order chi connectivity index (χ0) is 21.2. The van der Waals surface area contributed by atoms with E-state index in [1.165, 1.54) is 6.08 Å². The molecule has 2 aromatic carbocycles. The average molecular weight is 397 g/mol. The van der Waals surface area contributed by atoms with Crippen molar-refractivity contribution in [3.05, 3.63) is 59.7 Å². The van der Waals surface area contributed by atoms with Crippen LogP contribution in [-0.2, 0) is 9.53 Å². The van der Waals surface area contributed by atoms with Crippen molar-refractivity contribution in [3.63, 3.8) is 0 Å². The molecule has 0 saturated heterocycles. The van der Waals surface area contributed by atoms with Crippen LogP contribution in [0.5, 0.6) is 11.5 Å². The molecule has 0 atom stereocenters. The van der Waals surface area contributed by atoms with Crippen LogP contribution in [0.15, 0.2) is 48.5 Å². The van der Waals surface area contributed by atoms with Gasteiger partial charge in [0, 0.05) is 11.8 Å². The number of carbonyl (C=O) groups is 2. The highest BCUT2D eigenvalue weighted by Gasteiger charge is 2.08. The second-order valence-corrected chi connectivity index (χ2v) is 6.74. The number of rotatable bonds is 9. The third-order valence-electron chi connectivity index (χ3n) is 3.85. The van der Waals surface area contributed by atoms with Crippen molar-refractivity contribution in [1.82, 2.24) is 0 Å². The maximum Gasteiger partial charge on any atom is 0.338 e. The first kappa shape index (κ1) is 22.0. The Morgan fingerprint density at radius 1 is 1.07 bits per heavy atom. The molecule has 0 aliphatic heterocycles. The SMILES string of the molecule is CCOc1ccc(/C=C/C(=O)Nc2ccc(C(=O)OCC(C)C)cc2)cc1OC. The van der Waals surface area contributed by atoms with Gasteiger partial charge in [0.15, 0.2) is 11.5 Å². The molecule has 0 spiro atoms. The van der Waals surface area contributed by atoms with Crippen molar-refractivity contribution in [2.75, 3.05) is 25.6 Å². The number of anilines is 1. The molecular formula is C23H27NO5. The van der Waals surface area contributed by atoms with Crippen LogP contribution >= 0.6 is 0 Å². The molecule has 0 radical (unpaired) electrons. The molecule has 2 aromatic rings. The standard InChI is InChI=1S/C23H27NO5/c1-5-28-20-12-6-17(14-21(20)27-4)7-13-22(25)24-19-10-8-18(9-11-19)23(26)29-15-16(2)3/h6-14,16H,5,15H2,1-4H3,(H,24,25)/b13-7+. The van der Waals surface area contributed by atoms with Crippen LogP contribution in [0.25, 0.3) is 6.08 Å². The molecule has 0 aliphatic carbocycles. The highest BCUT2D eigenvalue weighted by atomic mass is 16.5. The van der Waals surface area contributed by atoms with E-state index in [4.69, 9.17) is 14.2 Å². The van der Waals surface area contributed by atoms with E-state index in [9.17, 15) is 9.59 Å². The maximum absolute atomic E-state index is 12.2. The third-order valence-corrected chi connectivity index (χ3v) is 3.85. The third kappa shape index (κ3) is 6.99. The summed E-state index contributed by atoms with van der Waals surface area (Å²) < 4.78 is 16.0. The van der Waals surface area contributed by atoms with Crippen LogP contribution in [-0.4, -0.2) is 32.2 Å². The largest absolute Gasteiger partial charge is 0.493 e. The molecule has 29 heavy (non-hydrogen) atoms. The van der Waals surface area contributed by atoms with Gasteiger partial charge in [-0.15, -0.1) is 0 Å². The van der Waals surface area contributed by atoms with E-state index >= 15 is 0 Å². The molecule has 1 N–H and O–H groups in total. The lowest BCUT2D eigenvalue weighted by atomic mass is 10.2. The molecule has 6 nitrogen and oxygen atoms in total. The number of benzene rings is 2. The molecule has 154 valence electrons. The first-order valence-electron chi connectivity index (χ1n) is 9.50. The van der Waals surface area contributed by atoms with Gasteiger partial charge in [0.1, 0.15) is 0 Å². The van der Waals surface area contributed by atoms with Gasteiger partial charge in [-0.1, -0.05) is 19.9 Å². The van der Waals surface area contributed by atoms with Gasteiger partial charge in [-0.3, -0.25) is 4.79 Å². The fourth-order valence-corrected chi connectivity index (χ4v) is 2.43. The molecule has 0 bridgehead atoms. The molecule has 0 aliphatic rings. The van der Waals surface area contributed by atoms with Crippen LogP contribution in [0.4, 0.5) is 5.69 Å². The maximum atomic E-state index is 12.2. The Morgan fingerprint density at radius 3 is 2.41 bits per heavy atom. The lowest BCUT2D eigenvalue weighted by Crippen LogP contribution is -2.11. The van der Waals surface area contributed by atoms with Crippen molar-refractivity contribution in [1.29, 1.82) is 0 Å². The summed E-state index contributed by atoms with van der Waals surface area (Å²) in [5.41, 5.74) is 1.84. The number of esters is 1. The van der Waals surface area contributed by atoms with Crippen LogP contribution in [0, 0.1) is 5.92 Å². The van der Waals surface area contributed by atoms with E-state index in [0.717, 1.165) is 5.56 Å². The van der Waals surface area contributed by atoms with Crippen molar-refractivity contribution in [2.24, 2.45) is 5.92 Å². The zero-order valence-electron chi connectivity index (χ0n) is 17.2. The van der Waals surface area contributed by atoms with Crippen LogP contribution in [0.1, 0.15) is 36.7 Å². The number of hydrogen-bond donors (Lipinski definition) is 1. The van der Waals surface area contributed by atoms with E-state index in [0.29, 0.717) is 36.0 Å². The van der Waals surface area contributed by atoms with Gasteiger partial charge >= 0.3 is 5.97 Å². The molecule has 2 rings (SSSR count). The smallest absolute Gasteiger partial charge is 0.338 e. The summed E-state index contributed by atoms with van der Waals surface area (Å²) in [6.07, 6.45) is 3.12. The first-order valence-corrected chi connectivity index (χ1v) is 9.50. The average Bonchev–Trinajstić information content (AvgIpc) is 2.72. The van der Waals surface area contributed by atoms with Gasteiger partial charge in [0.05, 0.1) is 25.9 Å². The minimum absolute atomic E-state index is 0.277. The summed E-state index contributed by atoms with van der Waals surface area (Å²) >= 11 is 0. The van der Waals surface area contributed by atoms with E-state index in [2.05, 4.69) is 5.32 Å². The monoisotopic (exact) mass is 397 g/mol. The minimum atomic E-state index is -0.374. The Kier molecular flexibility index (Phi) is 8.27. The molecule has 0 heterocycles. The second kappa shape index (κ2) is 10.9. The molecule has 0 fully saturated rings. The summed E-state index contributed by atoms with van der Waals surface area (Å²) in [6.45, 7) is 6.77. The van der Waals surface area contributed by atoms with Crippen LogP contribution in [0.2, 0.25) is 0 Å². The molecule has 6 heteroatoms. The molecule has 0 saturated carbocycles. The van der Waals surface area contributed by atoms with Crippen molar-refractivity contribution >= 4 is 23.6 Å². The summed E-state index contributed by atoms with van der Waals surface area (Å²) in [5.74, 6) is 0.881. The Hall–Kier alpha value is -3.28. The lowest BCUT2D eigenvalue weighted by molar-refractivity contribution is -0.111. The Balaban J connectivity index is 1.95. The topological polar surface area (TPSA) is 73.9 Å². The molecule has 0 unspecified atom stereocenters. The number of hydrogen-bond acceptors (Lipinski definition) is 5. The summed E-state index contributed by atoms with van der Waals surface area (Å²) in [7, 11) is 1.57. The Labute approximate surface area is 171 Å². The molecular weight excluding hydrogens is 370 g/mol. The van der Waals surface area contributed by atoms with Gasteiger partial charge in [-0.25, -0.2) is 4.79 Å². The van der Waals surface area contributed by atoms with Gasteiger partial charge in [-0.05, 0) is 60.9 Å². The fourth-order valence-electron chi connectivity index (χ4n) is 2.43. The normalized spacial score (nSPS) is 10.8. The number of methoxy groups -OCH3 is 1. The van der Waals surface area contributed by atoms with Gasteiger partial charge in [0.25, 0.3) is 0 Å².